The number of para-hydroxylation sites is 2. The molecule has 1 aliphatic heterocycles. The Bertz CT molecular complexity index is 1390. The SMILES string of the molecule is COc1ccccc1C1C(C(=O)c2cc3ccccc3o2)=C(O)C(=O)N1c1ccc(F)cc1. The fourth-order valence-corrected chi connectivity index (χ4v) is 4.12. The van der Waals surface area contributed by atoms with E-state index in [0.29, 0.717) is 22.6 Å². The van der Waals surface area contributed by atoms with Crippen LogP contribution in [-0.2, 0) is 4.79 Å². The number of aliphatic hydroxyl groups excluding tert-OH is 1. The summed E-state index contributed by atoms with van der Waals surface area (Å²) >= 11 is 0. The number of fused-ring (bicyclic) bond motifs is 1. The lowest BCUT2D eigenvalue weighted by Gasteiger charge is -2.27. The maximum atomic E-state index is 13.6. The highest BCUT2D eigenvalue weighted by atomic mass is 19.1. The van der Waals surface area contributed by atoms with Crippen molar-refractivity contribution in [2.45, 2.75) is 6.04 Å². The molecule has 33 heavy (non-hydrogen) atoms. The summed E-state index contributed by atoms with van der Waals surface area (Å²) in [7, 11) is 1.47. The highest BCUT2D eigenvalue weighted by Crippen LogP contribution is 2.44. The third-order valence-electron chi connectivity index (χ3n) is 5.64. The highest BCUT2D eigenvalue weighted by Gasteiger charge is 2.46. The fraction of sp³-hybridized carbons (Fsp3) is 0.0769. The monoisotopic (exact) mass is 443 g/mol. The Kier molecular flexibility index (Phi) is 4.94. The standard InChI is InChI=1S/C26H18FNO5/c1-32-20-9-5-3-7-18(20)23-22(24(29)21-14-15-6-2-4-8-19(15)33-21)25(30)26(31)28(23)17-12-10-16(27)11-13-17/h2-14,23,30H,1H3. The van der Waals surface area contributed by atoms with Crippen LogP contribution >= 0.6 is 0 Å². The van der Waals surface area contributed by atoms with Gasteiger partial charge < -0.3 is 14.3 Å². The molecule has 1 aliphatic rings. The number of carbonyl (C=O) groups excluding carboxylic acids is 2. The normalized spacial score (nSPS) is 16.0. The summed E-state index contributed by atoms with van der Waals surface area (Å²) in [5, 5.41) is 11.6. The fourth-order valence-electron chi connectivity index (χ4n) is 4.12. The molecule has 5 rings (SSSR count). The second-order valence-electron chi connectivity index (χ2n) is 7.54. The van der Waals surface area contributed by atoms with Crippen LogP contribution < -0.4 is 9.64 Å². The quantitative estimate of drug-likeness (QED) is 0.420. The molecule has 0 spiro atoms. The van der Waals surface area contributed by atoms with Gasteiger partial charge in [0.25, 0.3) is 5.91 Å². The summed E-state index contributed by atoms with van der Waals surface area (Å²) < 4.78 is 24.8. The number of nitrogens with zero attached hydrogens (tertiary/aromatic N) is 1. The topological polar surface area (TPSA) is 80.0 Å². The van der Waals surface area contributed by atoms with Crippen molar-refractivity contribution in [3.05, 3.63) is 107 Å². The minimum Gasteiger partial charge on any atom is -0.503 e. The first-order valence-corrected chi connectivity index (χ1v) is 10.2. The van der Waals surface area contributed by atoms with Gasteiger partial charge in [0.2, 0.25) is 5.78 Å². The average molecular weight is 443 g/mol. The molecule has 6 nitrogen and oxygen atoms in total. The zero-order valence-corrected chi connectivity index (χ0v) is 17.5. The molecule has 0 fully saturated rings. The summed E-state index contributed by atoms with van der Waals surface area (Å²) in [4.78, 5) is 28.0. The summed E-state index contributed by atoms with van der Waals surface area (Å²) in [6, 6.07) is 19.8. The van der Waals surface area contributed by atoms with Crippen molar-refractivity contribution in [1.29, 1.82) is 0 Å². The van der Waals surface area contributed by atoms with Gasteiger partial charge in [-0.25, -0.2) is 4.39 Å². The lowest BCUT2D eigenvalue weighted by atomic mass is 9.94. The molecule has 7 heteroatoms. The van der Waals surface area contributed by atoms with E-state index in [-0.39, 0.29) is 11.3 Å². The van der Waals surface area contributed by atoms with Gasteiger partial charge in [-0.15, -0.1) is 0 Å². The minimum atomic E-state index is -1.01. The zero-order chi connectivity index (χ0) is 23.1. The van der Waals surface area contributed by atoms with Crippen LogP contribution in [-0.4, -0.2) is 23.9 Å². The molecule has 0 saturated heterocycles. The van der Waals surface area contributed by atoms with E-state index in [1.807, 2.05) is 6.07 Å². The Hall–Kier alpha value is -4.39. The molecule has 1 N–H and O–H groups in total. The predicted octanol–water partition coefficient (Wildman–Crippen LogP) is 5.36. The Balaban J connectivity index is 1.69. The third-order valence-corrected chi connectivity index (χ3v) is 5.64. The lowest BCUT2D eigenvalue weighted by Crippen LogP contribution is -2.31. The number of methoxy groups -OCH3 is 1. The number of aliphatic hydroxyl groups is 1. The van der Waals surface area contributed by atoms with Crippen LogP contribution in [0.15, 0.2) is 94.6 Å². The third kappa shape index (κ3) is 3.34. The second-order valence-corrected chi connectivity index (χ2v) is 7.54. The first kappa shape index (κ1) is 20.5. The van der Waals surface area contributed by atoms with Crippen LogP contribution in [0.4, 0.5) is 10.1 Å². The Labute approximate surface area is 188 Å². The second kappa shape index (κ2) is 7.94. The van der Waals surface area contributed by atoms with Gasteiger partial charge in [0.05, 0.1) is 18.7 Å². The molecule has 0 bridgehead atoms. The van der Waals surface area contributed by atoms with Crippen LogP contribution in [0, 0.1) is 5.82 Å². The number of ketones is 1. The van der Waals surface area contributed by atoms with Crippen molar-refractivity contribution in [3.8, 4) is 5.75 Å². The molecular weight excluding hydrogens is 425 g/mol. The average Bonchev–Trinajstić information content (AvgIpc) is 3.38. The number of benzene rings is 3. The zero-order valence-electron chi connectivity index (χ0n) is 17.5. The Morgan fingerprint density at radius 2 is 1.73 bits per heavy atom. The van der Waals surface area contributed by atoms with E-state index in [4.69, 9.17) is 9.15 Å². The van der Waals surface area contributed by atoms with E-state index < -0.39 is 29.3 Å². The van der Waals surface area contributed by atoms with E-state index in [0.717, 1.165) is 5.39 Å². The first-order chi connectivity index (χ1) is 16.0. The number of anilines is 1. The highest BCUT2D eigenvalue weighted by molar-refractivity contribution is 6.20. The van der Waals surface area contributed by atoms with E-state index in [1.165, 1.54) is 36.3 Å². The minimum absolute atomic E-state index is 0.00796. The lowest BCUT2D eigenvalue weighted by molar-refractivity contribution is -0.117. The molecule has 1 aromatic heterocycles. The van der Waals surface area contributed by atoms with Crippen molar-refractivity contribution in [1.82, 2.24) is 0 Å². The van der Waals surface area contributed by atoms with Crippen molar-refractivity contribution >= 4 is 28.3 Å². The molecule has 1 unspecified atom stereocenters. The molecule has 4 aromatic rings. The Morgan fingerprint density at radius 3 is 2.45 bits per heavy atom. The molecular formula is C26H18FNO5. The maximum absolute atomic E-state index is 13.6. The van der Waals surface area contributed by atoms with E-state index in [9.17, 15) is 19.1 Å². The van der Waals surface area contributed by atoms with Crippen molar-refractivity contribution in [3.63, 3.8) is 0 Å². The number of hydrogen-bond donors (Lipinski definition) is 1. The predicted molar refractivity (Wildman–Crippen MR) is 120 cm³/mol. The number of furan rings is 1. The smallest absolute Gasteiger partial charge is 0.294 e. The van der Waals surface area contributed by atoms with E-state index in [2.05, 4.69) is 0 Å². The van der Waals surface area contributed by atoms with Gasteiger partial charge in [0, 0.05) is 16.6 Å². The summed E-state index contributed by atoms with van der Waals surface area (Å²) in [6.45, 7) is 0. The van der Waals surface area contributed by atoms with Crippen LogP contribution in [0.5, 0.6) is 5.75 Å². The van der Waals surface area contributed by atoms with E-state index >= 15 is 0 Å². The molecule has 164 valence electrons. The number of ether oxygens (including phenoxy) is 1. The van der Waals surface area contributed by atoms with Crippen LogP contribution in [0.2, 0.25) is 0 Å². The van der Waals surface area contributed by atoms with Gasteiger partial charge in [-0.05, 0) is 42.5 Å². The van der Waals surface area contributed by atoms with Crippen LogP contribution in [0.3, 0.4) is 0 Å². The van der Waals surface area contributed by atoms with Crippen LogP contribution in [0.1, 0.15) is 22.2 Å². The van der Waals surface area contributed by atoms with Gasteiger partial charge in [-0.1, -0.05) is 36.4 Å². The molecule has 0 radical (unpaired) electrons. The van der Waals surface area contributed by atoms with Crippen molar-refractivity contribution in [2.75, 3.05) is 12.0 Å². The largest absolute Gasteiger partial charge is 0.503 e. The number of Topliss-reactive ketones (excluding diaryl/α,β-unsaturated/α-hetero) is 1. The number of hydrogen-bond acceptors (Lipinski definition) is 5. The summed E-state index contributed by atoms with van der Waals surface area (Å²) in [5.74, 6) is -2.16. The van der Waals surface area contributed by atoms with Gasteiger partial charge >= 0.3 is 0 Å². The molecule has 0 saturated carbocycles. The molecule has 1 amide bonds. The molecule has 1 atom stereocenters. The van der Waals surface area contributed by atoms with E-state index in [1.54, 1.807) is 48.5 Å². The van der Waals surface area contributed by atoms with Crippen LogP contribution in [0.25, 0.3) is 11.0 Å². The maximum Gasteiger partial charge on any atom is 0.294 e. The number of rotatable bonds is 5. The van der Waals surface area contributed by atoms with Gasteiger partial charge in [0.1, 0.15) is 17.1 Å². The Morgan fingerprint density at radius 1 is 1.03 bits per heavy atom. The van der Waals surface area contributed by atoms with Gasteiger partial charge in [-0.3, -0.25) is 14.5 Å². The number of carbonyl (C=O) groups is 2. The first-order valence-electron chi connectivity index (χ1n) is 10.2. The summed E-state index contributed by atoms with van der Waals surface area (Å²) in [5.41, 5.74) is 1.17. The molecule has 0 aliphatic carbocycles. The molecule has 2 heterocycles. The number of halogens is 1. The van der Waals surface area contributed by atoms with Gasteiger partial charge in [-0.2, -0.15) is 0 Å². The summed E-state index contributed by atoms with van der Waals surface area (Å²) in [6.07, 6.45) is 0. The van der Waals surface area contributed by atoms with Crippen molar-refractivity contribution in [2.24, 2.45) is 0 Å². The van der Waals surface area contributed by atoms with Crippen molar-refractivity contribution < 1.29 is 28.2 Å². The van der Waals surface area contributed by atoms with Gasteiger partial charge in [0.15, 0.2) is 11.5 Å². The molecule has 3 aromatic carbocycles. The number of amides is 1.